The predicted octanol–water partition coefficient (Wildman–Crippen LogP) is 3.93. The molecular formula is C21H31NO5. The molecule has 0 spiro atoms. The molecule has 1 aromatic rings. The largest absolute Gasteiger partial charge is 0.458 e. The molecule has 1 aliphatic heterocycles. The first kappa shape index (κ1) is 21.2. The van der Waals surface area contributed by atoms with Gasteiger partial charge in [-0.05, 0) is 52.0 Å². The number of amides is 1. The fourth-order valence-corrected chi connectivity index (χ4v) is 3.09. The summed E-state index contributed by atoms with van der Waals surface area (Å²) in [7, 11) is 0. The highest BCUT2D eigenvalue weighted by Crippen LogP contribution is 2.21. The molecule has 6 heteroatoms. The van der Waals surface area contributed by atoms with E-state index in [4.69, 9.17) is 14.2 Å². The zero-order valence-electron chi connectivity index (χ0n) is 16.6. The van der Waals surface area contributed by atoms with E-state index in [1.807, 2.05) is 51.1 Å². The van der Waals surface area contributed by atoms with E-state index in [2.05, 4.69) is 0 Å². The second-order valence-corrected chi connectivity index (χ2v) is 7.81. The summed E-state index contributed by atoms with van der Waals surface area (Å²) < 4.78 is 16.1. The number of benzene rings is 1. The number of esters is 1. The van der Waals surface area contributed by atoms with E-state index in [9.17, 15) is 9.59 Å². The van der Waals surface area contributed by atoms with Crippen molar-refractivity contribution in [1.82, 2.24) is 4.90 Å². The van der Waals surface area contributed by atoms with Crippen LogP contribution in [0.25, 0.3) is 0 Å². The van der Waals surface area contributed by atoms with Gasteiger partial charge in [0, 0.05) is 19.2 Å². The Morgan fingerprint density at radius 3 is 2.59 bits per heavy atom. The first-order valence-electron chi connectivity index (χ1n) is 9.62. The zero-order chi connectivity index (χ0) is 19.7. The van der Waals surface area contributed by atoms with E-state index >= 15 is 0 Å². The molecule has 0 aliphatic carbocycles. The van der Waals surface area contributed by atoms with Crippen molar-refractivity contribution >= 4 is 12.1 Å². The smallest absolute Gasteiger partial charge is 0.410 e. The van der Waals surface area contributed by atoms with Crippen molar-refractivity contribution in [2.75, 3.05) is 19.8 Å². The lowest BCUT2D eigenvalue weighted by atomic mass is 10.0. The van der Waals surface area contributed by atoms with Crippen molar-refractivity contribution in [3.8, 4) is 0 Å². The lowest BCUT2D eigenvalue weighted by molar-refractivity contribution is -0.160. The number of piperidine rings is 1. The highest BCUT2D eigenvalue weighted by atomic mass is 16.6. The molecule has 0 radical (unpaired) electrons. The minimum Gasteiger partial charge on any atom is -0.458 e. The van der Waals surface area contributed by atoms with E-state index in [1.54, 1.807) is 4.90 Å². The molecule has 6 nitrogen and oxygen atoms in total. The molecule has 1 saturated heterocycles. The zero-order valence-corrected chi connectivity index (χ0v) is 16.6. The Labute approximate surface area is 161 Å². The summed E-state index contributed by atoms with van der Waals surface area (Å²) in [6, 6.07) is 9.74. The maximum atomic E-state index is 12.5. The average Bonchev–Trinajstić information content (AvgIpc) is 2.63. The van der Waals surface area contributed by atoms with E-state index in [-0.39, 0.29) is 31.3 Å². The molecule has 0 N–H and O–H groups in total. The van der Waals surface area contributed by atoms with Crippen molar-refractivity contribution in [3.63, 3.8) is 0 Å². The van der Waals surface area contributed by atoms with Gasteiger partial charge in [-0.2, -0.15) is 0 Å². The summed E-state index contributed by atoms with van der Waals surface area (Å²) in [6.07, 6.45) is 3.39. The number of carbonyl (C=O) groups is 2. The summed E-state index contributed by atoms with van der Waals surface area (Å²) >= 11 is 0. The molecule has 0 saturated carbocycles. The van der Waals surface area contributed by atoms with Gasteiger partial charge >= 0.3 is 12.1 Å². The molecule has 1 heterocycles. The van der Waals surface area contributed by atoms with Gasteiger partial charge in [0.05, 0.1) is 0 Å². The standard InChI is InChI=1S/C21H31NO5/c1-21(2,3)27-19(23)16-25-14-12-18-11-7-8-13-22(18)20(24)26-15-17-9-5-4-6-10-17/h4-6,9-10,18H,7-8,11-16H2,1-3H3/t18-/m0/s1. The summed E-state index contributed by atoms with van der Waals surface area (Å²) in [5.41, 5.74) is 0.462. The predicted molar refractivity (Wildman–Crippen MR) is 102 cm³/mol. The van der Waals surface area contributed by atoms with E-state index in [1.165, 1.54) is 0 Å². The van der Waals surface area contributed by atoms with Crippen molar-refractivity contribution in [3.05, 3.63) is 35.9 Å². The summed E-state index contributed by atoms with van der Waals surface area (Å²) in [5.74, 6) is -0.370. The van der Waals surface area contributed by atoms with Gasteiger partial charge in [0.25, 0.3) is 0 Å². The normalized spacial score (nSPS) is 17.4. The van der Waals surface area contributed by atoms with Crippen molar-refractivity contribution in [2.24, 2.45) is 0 Å². The first-order chi connectivity index (χ1) is 12.8. The third-order valence-electron chi connectivity index (χ3n) is 4.30. The molecule has 1 aromatic carbocycles. The van der Waals surface area contributed by atoms with E-state index in [0.717, 1.165) is 24.8 Å². The number of rotatable bonds is 7. The quantitative estimate of drug-likeness (QED) is 0.532. The highest BCUT2D eigenvalue weighted by Gasteiger charge is 2.27. The molecule has 0 unspecified atom stereocenters. The Balaban J connectivity index is 1.73. The maximum absolute atomic E-state index is 12.5. The third kappa shape index (κ3) is 7.99. The van der Waals surface area contributed by atoms with Crippen LogP contribution in [0.15, 0.2) is 30.3 Å². The SMILES string of the molecule is CC(C)(C)OC(=O)COCC[C@@H]1CCCCN1C(=O)OCc1ccccc1. The lowest BCUT2D eigenvalue weighted by Crippen LogP contribution is -2.44. The summed E-state index contributed by atoms with van der Waals surface area (Å²) in [4.78, 5) is 25.9. The monoisotopic (exact) mass is 377 g/mol. The Hall–Kier alpha value is -2.08. The Kier molecular flexibility index (Phi) is 8.10. The number of likely N-dealkylation sites (tertiary alicyclic amines) is 1. The molecule has 150 valence electrons. The minimum atomic E-state index is -0.511. The van der Waals surface area contributed by atoms with Crippen LogP contribution in [0.1, 0.15) is 52.0 Å². The number of ether oxygens (including phenoxy) is 3. The third-order valence-corrected chi connectivity index (χ3v) is 4.30. The highest BCUT2D eigenvalue weighted by molar-refractivity contribution is 5.71. The Morgan fingerprint density at radius 2 is 1.89 bits per heavy atom. The molecule has 0 bridgehead atoms. The van der Waals surface area contributed by atoms with Crippen LogP contribution in [0.4, 0.5) is 4.79 Å². The maximum Gasteiger partial charge on any atom is 0.410 e. The van der Waals surface area contributed by atoms with Crippen LogP contribution in [0.3, 0.4) is 0 Å². The molecule has 1 aliphatic rings. The van der Waals surface area contributed by atoms with Crippen LogP contribution in [0.5, 0.6) is 0 Å². The van der Waals surface area contributed by atoms with E-state index < -0.39 is 5.60 Å². The van der Waals surface area contributed by atoms with Crippen LogP contribution in [-0.2, 0) is 25.6 Å². The van der Waals surface area contributed by atoms with Gasteiger partial charge in [-0.3, -0.25) is 0 Å². The van der Waals surface area contributed by atoms with Gasteiger partial charge in [-0.25, -0.2) is 9.59 Å². The van der Waals surface area contributed by atoms with Gasteiger partial charge in [0.15, 0.2) is 0 Å². The van der Waals surface area contributed by atoms with Crippen LogP contribution in [-0.4, -0.2) is 48.4 Å². The molecule has 0 aromatic heterocycles. The van der Waals surface area contributed by atoms with E-state index in [0.29, 0.717) is 19.6 Å². The fraction of sp³-hybridized carbons (Fsp3) is 0.619. The molecule has 2 rings (SSSR count). The molecule has 1 amide bonds. The van der Waals surface area contributed by atoms with Crippen LogP contribution in [0.2, 0.25) is 0 Å². The molecular weight excluding hydrogens is 346 g/mol. The number of nitrogens with zero attached hydrogens (tertiary/aromatic N) is 1. The fourth-order valence-electron chi connectivity index (χ4n) is 3.09. The van der Waals surface area contributed by atoms with Crippen LogP contribution < -0.4 is 0 Å². The van der Waals surface area contributed by atoms with Crippen LogP contribution >= 0.6 is 0 Å². The second kappa shape index (κ2) is 10.3. The van der Waals surface area contributed by atoms with Crippen molar-refractivity contribution in [2.45, 2.75) is 64.7 Å². The molecule has 1 fully saturated rings. The number of hydrogen-bond donors (Lipinski definition) is 0. The molecule has 27 heavy (non-hydrogen) atoms. The van der Waals surface area contributed by atoms with Crippen molar-refractivity contribution < 1.29 is 23.8 Å². The van der Waals surface area contributed by atoms with Gasteiger partial charge < -0.3 is 19.1 Å². The first-order valence-corrected chi connectivity index (χ1v) is 9.62. The topological polar surface area (TPSA) is 65.1 Å². The number of hydrogen-bond acceptors (Lipinski definition) is 5. The lowest BCUT2D eigenvalue weighted by Gasteiger charge is -2.35. The van der Waals surface area contributed by atoms with Gasteiger partial charge in [0.1, 0.15) is 18.8 Å². The Bertz CT molecular complexity index is 596. The number of carbonyl (C=O) groups excluding carboxylic acids is 2. The average molecular weight is 377 g/mol. The minimum absolute atomic E-state index is 0.0670. The second-order valence-electron chi connectivity index (χ2n) is 7.81. The molecule has 1 atom stereocenters. The van der Waals surface area contributed by atoms with Crippen LogP contribution in [0, 0.1) is 0 Å². The van der Waals surface area contributed by atoms with Gasteiger partial charge in [-0.15, -0.1) is 0 Å². The summed E-state index contributed by atoms with van der Waals surface area (Å²) in [5, 5.41) is 0. The van der Waals surface area contributed by atoms with Crippen molar-refractivity contribution in [1.29, 1.82) is 0 Å². The summed E-state index contributed by atoms with van der Waals surface area (Å²) in [6.45, 7) is 6.79. The van der Waals surface area contributed by atoms with Gasteiger partial charge in [0.2, 0.25) is 0 Å². The van der Waals surface area contributed by atoms with Gasteiger partial charge in [-0.1, -0.05) is 30.3 Å². The Morgan fingerprint density at radius 1 is 1.15 bits per heavy atom.